The first-order chi connectivity index (χ1) is 7.93. The van der Waals surface area contributed by atoms with E-state index in [0.717, 1.165) is 12.0 Å². The summed E-state index contributed by atoms with van der Waals surface area (Å²) in [4.78, 5) is 0. The van der Waals surface area contributed by atoms with E-state index in [-0.39, 0.29) is 0 Å². The number of rotatable bonds is 1. The summed E-state index contributed by atoms with van der Waals surface area (Å²) < 4.78 is 10.9. The molecule has 0 unspecified atom stereocenters. The number of ether oxygens (including phenoxy) is 2. The van der Waals surface area contributed by atoms with Crippen LogP contribution in [0.4, 0.5) is 0 Å². The molecule has 2 aliphatic rings. The van der Waals surface area contributed by atoms with Crippen LogP contribution in [0.15, 0.2) is 60.3 Å². The molecule has 2 heterocycles. The average Bonchev–Trinajstić information content (AvgIpc) is 2.39. The van der Waals surface area contributed by atoms with Gasteiger partial charge in [-0.15, -0.1) is 0 Å². The highest BCUT2D eigenvalue weighted by molar-refractivity contribution is 5.70. The molecule has 2 heteroatoms. The molecule has 0 bridgehead atoms. The molecule has 16 heavy (non-hydrogen) atoms. The van der Waals surface area contributed by atoms with Crippen LogP contribution < -0.4 is 0 Å². The third-order valence-electron chi connectivity index (χ3n) is 2.72. The lowest BCUT2D eigenvalue weighted by Crippen LogP contribution is -2.09. The monoisotopic (exact) mass is 212 g/mol. The molecule has 0 aliphatic carbocycles. The van der Waals surface area contributed by atoms with Crippen molar-refractivity contribution in [3.05, 3.63) is 65.8 Å². The standard InChI is InChI=1S/C14H12O2/c1-2-5-11(6-3-1)13-9-12-7-4-8-15-14(12)16-10-13/h1-6,8-9H,7,10H2. The molecule has 0 spiro atoms. The van der Waals surface area contributed by atoms with E-state index in [1.807, 2.05) is 24.3 Å². The Morgan fingerprint density at radius 3 is 2.81 bits per heavy atom. The minimum Gasteiger partial charge on any atom is -0.460 e. The summed E-state index contributed by atoms with van der Waals surface area (Å²) in [6.07, 6.45) is 6.72. The van der Waals surface area contributed by atoms with Crippen molar-refractivity contribution < 1.29 is 9.47 Å². The number of hydrogen-bond donors (Lipinski definition) is 0. The second kappa shape index (κ2) is 3.89. The molecule has 0 atom stereocenters. The lowest BCUT2D eigenvalue weighted by molar-refractivity contribution is 0.0910. The molecular weight excluding hydrogens is 200 g/mol. The van der Waals surface area contributed by atoms with Gasteiger partial charge < -0.3 is 9.47 Å². The predicted octanol–water partition coefficient (Wildman–Crippen LogP) is 3.25. The highest BCUT2D eigenvalue weighted by atomic mass is 16.7. The first-order valence-corrected chi connectivity index (χ1v) is 5.37. The topological polar surface area (TPSA) is 18.5 Å². The van der Waals surface area contributed by atoms with Crippen molar-refractivity contribution in [3.63, 3.8) is 0 Å². The minimum absolute atomic E-state index is 0.580. The summed E-state index contributed by atoms with van der Waals surface area (Å²) >= 11 is 0. The molecule has 2 nitrogen and oxygen atoms in total. The Hall–Kier alpha value is -1.96. The summed E-state index contributed by atoms with van der Waals surface area (Å²) in [7, 11) is 0. The molecule has 1 aromatic carbocycles. The van der Waals surface area contributed by atoms with Gasteiger partial charge in [-0.3, -0.25) is 0 Å². The maximum absolute atomic E-state index is 5.59. The molecule has 0 fully saturated rings. The van der Waals surface area contributed by atoms with Gasteiger partial charge in [-0.25, -0.2) is 0 Å². The summed E-state index contributed by atoms with van der Waals surface area (Å²) in [6, 6.07) is 10.3. The van der Waals surface area contributed by atoms with E-state index in [2.05, 4.69) is 18.2 Å². The third-order valence-corrected chi connectivity index (χ3v) is 2.72. The minimum atomic E-state index is 0.580. The molecule has 0 saturated heterocycles. The smallest absolute Gasteiger partial charge is 0.288 e. The third kappa shape index (κ3) is 1.63. The molecule has 3 rings (SSSR count). The maximum atomic E-state index is 5.59. The molecule has 2 aliphatic heterocycles. The fourth-order valence-electron chi connectivity index (χ4n) is 1.90. The van der Waals surface area contributed by atoms with Crippen LogP contribution in [0.25, 0.3) is 5.57 Å². The van der Waals surface area contributed by atoms with E-state index in [9.17, 15) is 0 Å². The lowest BCUT2D eigenvalue weighted by Gasteiger charge is -2.21. The van der Waals surface area contributed by atoms with Gasteiger partial charge in [0.25, 0.3) is 5.95 Å². The van der Waals surface area contributed by atoms with Crippen LogP contribution in [0.3, 0.4) is 0 Å². The quantitative estimate of drug-likeness (QED) is 0.711. The normalized spacial score (nSPS) is 18.4. The van der Waals surface area contributed by atoms with Crippen molar-refractivity contribution in [2.45, 2.75) is 6.42 Å². The van der Waals surface area contributed by atoms with Gasteiger partial charge in [0.15, 0.2) is 0 Å². The van der Waals surface area contributed by atoms with Gasteiger partial charge in [0.05, 0.1) is 6.26 Å². The first kappa shape index (κ1) is 9.28. The highest BCUT2D eigenvalue weighted by Gasteiger charge is 2.17. The van der Waals surface area contributed by atoms with Crippen LogP contribution in [0, 0.1) is 0 Å². The highest BCUT2D eigenvalue weighted by Crippen LogP contribution is 2.29. The van der Waals surface area contributed by atoms with Crippen molar-refractivity contribution in [2.24, 2.45) is 0 Å². The summed E-state index contributed by atoms with van der Waals surface area (Å²) in [6.45, 7) is 0.580. The summed E-state index contributed by atoms with van der Waals surface area (Å²) in [5.74, 6) is 0.655. The molecule has 0 aromatic heterocycles. The zero-order valence-corrected chi connectivity index (χ0v) is 8.85. The Bertz CT molecular complexity index is 481. The van der Waals surface area contributed by atoms with Gasteiger partial charge in [0, 0.05) is 12.0 Å². The average molecular weight is 212 g/mol. The van der Waals surface area contributed by atoms with Crippen molar-refractivity contribution in [2.75, 3.05) is 6.61 Å². The zero-order valence-electron chi connectivity index (χ0n) is 8.85. The van der Waals surface area contributed by atoms with Crippen molar-refractivity contribution in [1.82, 2.24) is 0 Å². The summed E-state index contributed by atoms with van der Waals surface area (Å²) in [5, 5.41) is 0. The summed E-state index contributed by atoms with van der Waals surface area (Å²) in [5.41, 5.74) is 3.54. The van der Waals surface area contributed by atoms with Crippen LogP contribution >= 0.6 is 0 Å². The number of allylic oxidation sites excluding steroid dienone is 3. The van der Waals surface area contributed by atoms with E-state index in [1.165, 1.54) is 11.1 Å². The van der Waals surface area contributed by atoms with Crippen LogP contribution in [0.1, 0.15) is 12.0 Å². The van der Waals surface area contributed by atoms with E-state index < -0.39 is 0 Å². The molecule has 0 amide bonds. The van der Waals surface area contributed by atoms with E-state index in [0.29, 0.717) is 12.6 Å². The van der Waals surface area contributed by atoms with E-state index in [4.69, 9.17) is 9.47 Å². The van der Waals surface area contributed by atoms with Crippen LogP contribution in [0.2, 0.25) is 0 Å². The van der Waals surface area contributed by atoms with Gasteiger partial charge in [0.2, 0.25) is 0 Å². The Morgan fingerprint density at radius 2 is 1.94 bits per heavy atom. The van der Waals surface area contributed by atoms with Crippen LogP contribution in [-0.2, 0) is 9.47 Å². The second-order valence-electron chi connectivity index (χ2n) is 3.83. The van der Waals surface area contributed by atoms with Gasteiger partial charge >= 0.3 is 0 Å². The largest absolute Gasteiger partial charge is 0.460 e. The Kier molecular flexibility index (Phi) is 2.26. The SMILES string of the molecule is C1=COC2=C(C=C(c3ccccc3)CO2)C1. The molecule has 0 N–H and O–H groups in total. The van der Waals surface area contributed by atoms with Crippen molar-refractivity contribution >= 4 is 5.57 Å². The fraction of sp³-hybridized carbons (Fsp3) is 0.143. The van der Waals surface area contributed by atoms with E-state index >= 15 is 0 Å². The van der Waals surface area contributed by atoms with E-state index in [1.54, 1.807) is 6.26 Å². The molecular formula is C14H12O2. The number of hydrogen-bond acceptors (Lipinski definition) is 2. The van der Waals surface area contributed by atoms with Gasteiger partial charge in [-0.2, -0.15) is 0 Å². The van der Waals surface area contributed by atoms with Crippen molar-refractivity contribution in [1.29, 1.82) is 0 Å². The van der Waals surface area contributed by atoms with Gasteiger partial charge in [0.1, 0.15) is 6.61 Å². The molecule has 80 valence electrons. The first-order valence-electron chi connectivity index (χ1n) is 5.37. The molecule has 0 radical (unpaired) electrons. The maximum Gasteiger partial charge on any atom is 0.288 e. The van der Waals surface area contributed by atoms with Crippen molar-refractivity contribution in [3.8, 4) is 0 Å². The fourth-order valence-corrected chi connectivity index (χ4v) is 1.90. The Balaban J connectivity index is 1.94. The van der Waals surface area contributed by atoms with Gasteiger partial charge in [-0.05, 0) is 23.3 Å². The van der Waals surface area contributed by atoms with Crippen LogP contribution in [-0.4, -0.2) is 6.61 Å². The lowest BCUT2D eigenvalue weighted by atomic mass is 10.0. The van der Waals surface area contributed by atoms with Gasteiger partial charge in [-0.1, -0.05) is 30.3 Å². The Labute approximate surface area is 94.5 Å². The molecule has 1 aromatic rings. The predicted molar refractivity (Wildman–Crippen MR) is 62.2 cm³/mol. The molecule has 0 saturated carbocycles. The number of benzene rings is 1. The second-order valence-corrected chi connectivity index (χ2v) is 3.83. The van der Waals surface area contributed by atoms with Crippen LogP contribution in [0.5, 0.6) is 0 Å². The zero-order chi connectivity index (χ0) is 10.8. The Morgan fingerprint density at radius 1 is 1.06 bits per heavy atom.